The van der Waals surface area contributed by atoms with Crippen LogP contribution in [0.3, 0.4) is 0 Å². The molecule has 0 spiro atoms. The summed E-state index contributed by atoms with van der Waals surface area (Å²) in [6.45, 7) is 6.82. The van der Waals surface area contributed by atoms with Gasteiger partial charge in [0.05, 0.1) is 6.20 Å². The average Bonchev–Trinajstić information content (AvgIpc) is 2.85. The molecule has 7 heteroatoms. The first-order chi connectivity index (χ1) is 8.51. The molecule has 18 heavy (non-hydrogen) atoms. The van der Waals surface area contributed by atoms with Gasteiger partial charge in [-0.25, -0.2) is 13.1 Å². The first kappa shape index (κ1) is 13.5. The van der Waals surface area contributed by atoms with Gasteiger partial charge in [0.1, 0.15) is 4.90 Å². The lowest BCUT2D eigenvalue weighted by Crippen LogP contribution is -2.45. The average molecular weight is 272 g/mol. The molecule has 2 N–H and O–H groups in total. The summed E-state index contributed by atoms with van der Waals surface area (Å²) in [5, 5.41) is 6.20. The van der Waals surface area contributed by atoms with E-state index in [-0.39, 0.29) is 10.4 Å². The Morgan fingerprint density at radius 2 is 2.11 bits per heavy atom. The van der Waals surface area contributed by atoms with Gasteiger partial charge in [-0.15, -0.1) is 0 Å². The van der Waals surface area contributed by atoms with E-state index < -0.39 is 10.0 Å². The zero-order chi connectivity index (χ0) is 13.2. The number of H-pyrrole nitrogens is 1. The fourth-order valence-corrected chi connectivity index (χ4v) is 3.40. The van der Waals surface area contributed by atoms with E-state index in [1.54, 1.807) is 0 Å². The molecule has 0 aliphatic heterocycles. The predicted molar refractivity (Wildman–Crippen MR) is 68.7 cm³/mol. The quantitative estimate of drug-likeness (QED) is 0.760. The van der Waals surface area contributed by atoms with Crippen LogP contribution in [0.5, 0.6) is 0 Å². The highest BCUT2D eigenvalue weighted by atomic mass is 32.2. The summed E-state index contributed by atoms with van der Waals surface area (Å²) in [7, 11) is -3.44. The predicted octanol–water partition coefficient (Wildman–Crippen LogP) is 0.562. The van der Waals surface area contributed by atoms with Crippen LogP contribution in [0.1, 0.15) is 26.7 Å². The van der Waals surface area contributed by atoms with Crippen molar-refractivity contribution in [1.29, 1.82) is 0 Å². The number of aromatic nitrogens is 2. The lowest BCUT2D eigenvalue weighted by atomic mass is 10.2. The van der Waals surface area contributed by atoms with Crippen molar-refractivity contribution in [3.8, 4) is 0 Å². The second kappa shape index (κ2) is 4.99. The Labute approximate surface area is 108 Å². The Hall–Kier alpha value is -0.920. The van der Waals surface area contributed by atoms with Crippen LogP contribution >= 0.6 is 0 Å². The number of sulfonamides is 1. The van der Waals surface area contributed by atoms with E-state index in [9.17, 15) is 8.42 Å². The number of likely N-dealkylation sites (N-methyl/N-ethyl adjacent to an activating group) is 1. The molecule has 0 saturated heterocycles. The van der Waals surface area contributed by atoms with E-state index in [1.165, 1.54) is 12.4 Å². The summed E-state index contributed by atoms with van der Waals surface area (Å²) in [4.78, 5) is 2.44. The Balaban J connectivity index is 2.05. The van der Waals surface area contributed by atoms with Crippen molar-refractivity contribution < 1.29 is 8.42 Å². The topological polar surface area (TPSA) is 78.1 Å². The van der Waals surface area contributed by atoms with Crippen LogP contribution < -0.4 is 4.72 Å². The van der Waals surface area contributed by atoms with Crippen LogP contribution in [-0.4, -0.2) is 48.7 Å². The lowest BCUT2D eigenvalue weighted by molar-refractivity contribution is 0.268. The molecule has 1 saturated carbocycles. The Bertz CT molecular complexity index is 475. The fraction of sp³-hybridized carbons (Fsp3) is 0.727. The minimum absolute atomic E-state index is 0.202. The molecule has 6 nitrogen and oxygen atoms in total. The largest absolute Gasteiger partial charge is 0.302 e. The molecular formula is C11H20N4O2S. The molecule has 0 radical (unpaired) electrons. The molecule has 0 unspecified atom stereocenters. The Kier molecular flexibility index (Phi) is 3.74. The molecule has 102 valence electrons. The highest BCUT2D eigenvalue weighted by molar-refractivity contribution is 7.89. The minimum atomic E-state index is -3.44. The van der Waals surface area contributed by atoms with E-state index in [0.717, 1.165) is 32.5 Å². The van der Waals surface area contributed by atoms with E-state index in [2.05, 4.69) is 33.7 Å². The van der Waals surface area contributed by atoms with Gasteiger partial charge in [-0.2, -0.15) is 5.10 Å². The van der Waals surface area contributed by atoms with E-state index in [4.69, 9.17) is 0 Å². The molecule has 1 aliphatic rings. The zero-order valence-electron chi connectivity index (χ0n) is 10.8. The highest BCUT2D eigenvalue weighted by Crippen LogP contribution is 2.37. The number of rotatable bonds is 7. The van der Waals surface area contributed by atoms with Crippen LogP contribution in [0.2, 0.25) is 0 Å². The van der Waals surface area contributed by atoms with Crippen molar-refractivity contribution in [2.75, 3.05) is 19.6 Å². The summed E-state index contributed by atoms with van der Waals surface area (Å²) in [6, 6.07) is 0. The van der Waals surface area contributed by atoms with Gasteiger partial charge in [-0.05, 0) is 25.9 Å². The van der Waals surface area contributed by atoms with Gasteiger partial charge in [0.25, 0.3) is 0 Å². The molecule has 0 amide bonds. The number of hydrogen-bond acceptors (Lipinski definition) is 4. The Morgan fingerprint density at radius 3 is 2.56 bits per heavy atom. The van der Waals surface area contributed by atoms with Gasteiger partial charge < -0.3 is 4.90 Å². The van der Waals surface area contributed by atoms with Crippen LogP contribution in [0.25, 0.3) is 0 Å². The molecule has 1 aromatic heterocycles. The summed E-state index contributed by atoms with van der Waals surface area (Å²) in [6.07, 6.45) is 4.53. The molecule has 0 bridgehead atoms. The van der Waals surface area contributed by atoms with E-state index in [1.807, 2.05) is 0 Å². The number of hydrogen-bond donors (Lipinski definition) is 2. The maximum absolute atomic E-state index is 12.1. The maximum atomic E-state index is 12.1. The highest BCUT2D eigenvalue weighted by Gasteiger charge is 2.46. The van der Waals surface area contributed by atoms with Crippen LogP contribution in [0, 0.1) is 0 Å². The van der Waals surface area contributed by atoms with Crippen molar-refractivity contribution in [3.05, 3.63) is 12.4 Å². The maximum Gasteiger partial charge on any atom is 0.244 e. The van der Waals surface area contributed by atoms with Crippen molar-refractivity contribution in [1.82, 2.24) is 19.8 Å². The van der Waals surface area contributed by atoms with E-state index in [0.29, 0.717) is 0 Å². The van der Waals surface area contributed by atoms with Crippen molar-refractivity contribution in [3.63, 3.8) is 0 Å². The zero-order valence-corrected chi connectivity index (χ0v) is 11.6. The lowest BCUT2D eigenvalue weighted by Gasteiger charge is -2.25. The smallest absolute Gasteiger partial charge is 0.244 e. The third kappa shape index (κ3) is 2.90. The van der Waals surface area contributed by atoms with Crippen molar-refractivity contribution in [2.24, 2.45) is 0 Å². The second-order valence-corrected chi connectivity index (χ2v) is 6.46. The number of nitrogens with zero attached hydrogens (tertiary/aromatic N) is 2. The summed E-state index contributed by atoms with van der Waals surface area (Å²) in [5.74, 6) is 0. The SMILES string of the molecule is CCN(CC)CC1(NS(=O)(=O)c2cn[nH]c2)CC1. The molecule has 0 atom stereocenters. The van der Waals surface area contributed by atoms with Crippen LogP contribution in [0.15, 0.2) is 17.3 Å². The molecule has 2 rings (SSSR count). The monoisotopic (exact) mass is 272 g/mol. The number of nitrogens with one attached hydrogen (secondary N) is 2. The van der Waals surface area contributed by atoms with Gasteiger partial charge in [-0.3, -0.25) is 5.10 Å². The third-order valence-electron chi connectivity index (χ3n) is 3.41. The van der Waals surface area contributed by atoms with Gasteiger partial charge in [-0.1, -0.05) is 13.8 Å². The molecule has 1 aromatic rings. The normalized spacial score (nSPS) is 18.2. The number of aromatic amines is 1. The summed E-state index contributed by atoms with van der Waals surface area (Å²) >= 11 is 0. The van der Waals surface area contributed by atoms with Gasteiger partial charge in [0, 0.05) is 18.3 Å². The molecule has 1 heterocycles. The molecular weight excluding hydrogens is 252 g/mol. The Morgan fingerprint density at radius 1 is 1.44 bits per heavy atom. The standard InChI is InChI=1S/C11H20N4O2S/c1-3-15(4-2)9-11(5-6-11)14-18(16,17)10-7-12-13-8-10/h7-8,14H,3-6,9H2,1-2H3,(H,12,13). The summed E-state index contributed by atoms with van der Waals surface area (Å²) in [5.41, 5.74) is -0.276. The van der Waals surface area contributed by atoms with Crippen LogP contribution in [0.4, 0.5) is 0 Å². The van der Waals surface area contributed by atoms with E-state index >= 15 is 0 Å². The van der Waals surface area contributed by atoms with Gasteiger partial charge >= 0.3 is 0 Å². The second-order valence-electron chi connectivity index (χ2n) is 4.78. The van der Waals surface area contributed by atoms with Crippen molar-refractivity contribution >= 4 is 10.0 Å². The fourth-order valence-electron chi connectivity index (χ4n) is 2.05. The van der Waals surface area contributed by atoms with Crippen LogP contribution in [-0.2, 0) is 10.0 Å². The van der Waals surface area contributed by atoms with Gasteiger partial charge in [0.15, 0.2) is 0 Å². The third-order valence-corrected chi connectivity index (χ3v) is 4.95. The summed E-state index contributed by atoms with van der Waals surface area (Å²) < 4.78 is 27.1. The van der Waals surface area contributed by atoms with Gasteiger partial charge in [0.2, 0.25) is 10.0 Å². The minimum Gasteiger partial charge on any atom is -0.302 e. The molecule has 0 aromatic carbocycles. The first-order valence-electron chi connectivity index (χ1n) is 6.26. The first-order valence-corrected chi connectivity index (χ1v) is 7.75. The molecule has 1 fully saturated rings. The van der Waals surface area contributed by atoms with Crippen molar-refractivity contribution in [2.45, 2.75) is 37.1 Å². The molecule has 1 aliphatic carbocycles.